The average molecular weight is 114 g/mol. The maximum absolute atomic E-state index is 8.55. The Morgan fingerprint density at radius 2 is 2.50 bits per heavy atom. The Bertz CT molecular complexity index is 126. The summed E-state index contributed by atoms with van der Waals surface area (Å²) in [4.78, 5) is 8.66. The largest absolute Gasteiger partial charge is 0.479 e. The lowest BCUT2D eigenvalue weighted by Gasteiger charge is -1.95. The van der Waals surface area contributed by atoms with Crippen molar-refractivity contribution in [1.29, 1.82) is 0 Å². The van der Waals surface area contributed by atoms with Gasteiger partial charge in [-0.3, -0.25) is 4.89 Å². The molecule has 1 aliphatic heterocycles. The van der Waals surface area contributed by atoms with Crippen molar-refractivity contribution in [3.63, 3.8) is 0 Å². The summed E-state index contributed by atoms with van der Waals surface area (Å²) >= 11 is 0. The standard InChI is InChI=1S/C5H6O3/c6-5-3-1-2-4-7-8-5/h1-3,6H,4H2. The predicted molar refractivity (Wildman–Crippen MR) is 26.9 cm³/mol. The molecule has 1 aliphatic rings. The van der Waals surface area contributed by atoms with Crippen molar-refractivity contribution < 1.29 is 14.9 Å². The van der Waals surface area contributed by atoms with Crippen LogP contribution in [0, 0.1) is 0 Å². The van der Waals surface area contributed by atoms with Crippen LogP contribution in [0.15, 0.2) is 24.2 Å². The first kappa shape index (κ1) is 5.18. The summed E-state index contributed by atoms with van der Waals surface area (Å²) in [6.07, 6.45) is 4.79. The van der Waals surface area contributed by atoms with Crippen LogP contribution in [0.5, 0.6) is 0 Å². The van der Waals surface area contributed by atoms with Gasteiger partial charge >= 0.3 is 5.95 Å². The summed E-state index contributed by atoms with van der Waals surface area (Å²) < 4.78 is 0. The van der Waals surface area contributed by atoms with E-state index in [0.717, 1.165) is 0 Å². The van der Waals surface area contributed by atoms with E-state index < -0.39 is 0 Å². The lowest BCUT2D eigenvalue weighted by molar-refractivity contribution is -0.277. The summed E-state index contributed by atoms with van der Waals surface area (Å²) in [6, 6.07) is 0. The first-order valence-electron chi connectivity index (χ1n) is 2.25. The second-order valence-corrected chi connectivity index (χ2v) is 1.30. The highest BCUT2D eigenvalue weighted by atomic mass is 17.2. The Balaban J connectivity index is 2.52. The van der Waals surface area contributed by atoms with Crippen molar-refractivity contribution in [2.24, 2.45) is 0 Å². The second-order valence-electron chi connectivity index (χ2n) is 1.30. The number of hydrogen-bond acceptors (Lipinski definition) is 3. The molecule has 0 fully saturated rings. The van der Waals surface area contributed by atoms with E-state index in [1.807, 2.05) is 0 Å². The minimum absolute atomic E-state index is 0.209. The van der Waals surface area contributed by atoms with Gasteiger partial charge in [0.15, 0.2) is 0 Å². The smallest absolute Gasteiger partial charge is 0.314 e. The van der Waals surface area contributed by atoms with Crippen molar-refractivity contribution in [3.05, 3.63) is 24.2 Å². The number of allylic oxidation sites excluding steroid dienone is 2. The van der Waals surface area contributed by atoms with Crippen LogP contribution in [-0.4, -0.2) is 11.7 Å². The van der Waals surface area contributed by atoms with E-state index in [4.69, 9.17) is 5.11 Å². The Morgan fingerprint density at radius 1 is 1.62 bits per heavy atom. The van der Waals surface area contributed by atoms with E-state index in [1.165, 1.54) is 6.08 Å². The van der Waals surface area contributed by atoms with Gasteiger partial charge in [0.05, 0.1) is 0 Å². The molecule has 0 bridgehead atoms. The van der Waals surface area contributed by atoms with Gasteiger partial charge in [0.25, 0.3) is 0 Å². The van der Waals surface area contributed by atoms with Crippen molar-refractivity contribution in [3.8, 4) is 0 Å². The molecular formula is C5H6O3. The zero-order valence-electron chi connectivity index (χ0n) is 4.20. The molecule has 0 unspecified atom stereocenters. The van der Waals surface area contributed by atoms with Crippen LogP contribution in [0.2, 0.25) is 0 Å². The maximum atomic E-state index is 8.55. The molecule has 0 aromatic heterocycles. The molecule has 0 aromatic rings. The highest BCUT2D eigenvalue weighted by Gasteiger charge is 1.93. The van der Waals surface area contributed by atoms with Gasteiger partial charge in [-0.15, -0.1) is 0 Å². The van der Waals surface area contributed by atoms with Crippen LogP contribution < -0.4 is 0 Å². The molecule has 0 saturated carbocycles. The van der Waals surface area contributed by atoms with E-state index in [2.05, 4.69) is 9.78 Å². The van der Waals surface area contributed by atoms with Crippen LogP contribution >= 0.6 is 0 Å². The van der Waals surface area contributed by atoms with E-state index in [9.17, 15) is 0 Å². The summed E-state index contributed by atoms with van der Waals surface area (Å²) in [5, 5.41) is 8.55. The van der Waals surface area contributed by atoms with Crippen molar-refractivity contribution >= 4 is 0 Å². The average Bonchev–Trinajstić information content (AvgIpc) is 1.94. The molecule has 44 valence electrons. The van der Waals surface area contributed by atoms with E-state index in [1.54, 1.807) is 12.2 Å². The number of hydrogen-bond donors (Lipinski definition) is 1. The zero-order chi connectivity index (χ0) is 5.82. The van der Waals surface area contributed by atoms with Crippen molar-refractivity contribution in [2.45, 2.75) is 0 Å². The van der Waals surface area contributed by atoms with Crippen molar-refractivity contribution in [2.75, 3.05) is 6.61 Å². The monoisotopic (exact) mass is 114 g/mol. The Morgan fingerprint density at radius 3 is 3.38 bits per heavy atom. The molecule has 3 heteroatoms. The fourth-order valence-electron chi connectivity index (χ4n) is 0.367. The lowest BCUT2D eigenvalue weighted by atomic mass is 10.5. The van der Waals surface area contributed by atoms with Gasteiger partial charge in [-0.2, -0.15) is 4.89 Å². The van der Waals surface area contributed by atoms with Gasteiger partial charge in [-0.1, -0.05) is 12.2 Å². The van der Waals surface area contributed by atoms with E-state index in [-0.39, 0.29) is 5.95 Å². The highest BCUT2D eigenvalue weighted by Crippen LogP contribution is 1.97. The van der Waals surface area contributed by atoms with Gasteiger partial charge in [0.1, 0.15) is 6.61 Å². The van der Waals surface area contributed by atoms with Crippen molar-refractivity contribution in [1.82, 2.24) is 0 Å². The minimum Gasteiger partial charge on any atom is -0.479 e. The molecule has 0 amide bonds. The van der Waals surface area contributed by atoms with Crippen LogP contribution in [0.3, 0.4) is 0 Å². The Hall–Kier alpha value is -0.960. The van der Waals surface area contributed by atoms with Crippen LogP contribution in [0.25, 0.3) is 0 Å². The zero-order valence-corrected chi connectivity index (χ0v) is 4.20. The van der Waals surface area contributed by atoms with Gasteiger partial charge in [-0.25, -0.2) is 0 Å². The van der Waals surface area contributed by atoms with Crippen LogP contribution in [0.4, 0.5) is 0 Å². The number of aliphatic hydroxyl groups is 1. The van der Waals surface area contributed by atoms with Gasteiger partial charge < -0.3 is 5.11 Å². The minimum atomic E-state index is -0.209. The van der Waals surface area contributed by atoms with E-state index in [0.29, 0.717) is 6.61 Å². The summed E-state index contributed by atoms with van der Waals surface area (Å²) in [7, 11) is 0. The second kappa shape index (κ2) is 2.37. The Kier molecular flexibility index (Phi) is 1.54. The highest BCUT2D eigenvalue weighted by molar-refractivity contribution is 5.03. The molecule has 3 nitrogen and oxygen atoms in total. The molecule has 8 heavy (non-hydrogen) atoms. The molecule has 0 aromatic carbocycles. The summed E-state index contributed by atoms with van der Waals surface area (Å²) in [6.45, 7) is 0.376. The first-order valence-corrected chi connectivity index (χ1v) is 2.25. The molecule has 1 N–H and O–H groups in total. The fraction of sp³-hybridized carbons (Fsp3) is 0.200. The SMILES string of the molecule is OC1=CC=CCOO1. The topological polar surface area (TPSA) is 38.7 Å². The first-order chi connectivity index (χ1) is 3.89. The van der Waals surface area contributed by atoms with Gasteiger partial charge in [-0.05, 0) is 0 Å². The third kappa shape index (κ3) is 1.27. The maximum Gasteiger partial charge on any atom is 0.314 e. The fourth-order valence-corrected chi connectivity index (χ4v) is 0.367. The number of rotatable bonds is 0. The molecular weight excluding hydrogens is 108 g/mol. The Labute approximate surface area is 46.8 Å². The predicted octanol–water partition coefficient (Wildman–Crippen LogP) is 0.904. The third-order valence-corrected chi connectivity index (χ3v) is 0.683. The van der Waals surface area contributed by atoms with Gasteiger partial charge in [0, 0.05) is 6.08 Å². The molecule has 0 spiro atoms. The lowest BCUT2D eigenvalue weighted by Crippen LogP contribution is -1.90. The van der Waals surface area contributed by atoms with Gasteiger partial charge in [0.2, 0.25) is 0 Å². The van der Waals surface area contributed by atoms with E-state index >= 15 is 0 Å². The molecule has 1 rings (SSSR count). The molecule has 0 atom stereocenters. The summed E-state index contributed by atoms with van der Waals surface area (Å²) in [5.74, 6) is -0.209. The van der Waals surface area contributed by atoms with Crippen LogP contribution in [0.1, 0.15) is 0 Å². The van der Waals surface area contributed by atoms with Crippen LogP contribution in [-0.2, 0) is 9.78 Å². The molecule has 1 heterocycles. The molecule has 0 aliphatic carbocycles. The third-order valence-electron chi connectivity index (χ3n) is 0.683. The quantitative estimate of drug-likeness (QED) is 0.475. The summed E-state index contributed by atoms with van der Waals surface area (Å²) in [5.41, 5.74) is 0. The molecule has 0 radical (unpaired) electrons. The molecule has 0 saturated heterocycles. The number of aliphatic hydroxyl groups excluding tert-OH is 1. The normalized spacial score (nSPS) is 18.8.